The molecular formula is C9H7BrF3NO. The fraction of sp³-hybridized carbons (Fsp3) is 0.222. The smallest absolute Gasteiger partial charge is 0.369 e. The number of hydrogen-bond donors (Lipinski definition) is 1. The average Bonchev–Trinajstić information content (AvgIpc) is 2.06. The maximum Gasteiger partial charge on any atom is 0.416 e. The first kappa shape index (κ1) is 12.0. The van der Waals surface area contributed by atoms with Crippen molar-refractivity contribution in [1.29, 1.82) is 0 Å². The molecule has 15 heavy (non-hydrogen) atoms. The van der Waals surface area contributed by atoms with Gasteiger partial charge in [-0.3, -0.25) is 4.79 Å². The molecule has 0 aliphatic carbocycles. The van der Waals surface area contributed by atoms with Gasteiger partial charge in [0.25, 0.3) is 0 Å². The Labute approximate surface area is 92.4 Å². The fourth-order valence-electron chi connectivity index (χ4n) is 1.07. The monoisotopic (exact) mass is 281 g/mol. The average molecular weight is 282 g/mol. The fourth-order valence-corrected chi connectivity index (χ4v) is 1.46. The highest BCUT2D eigenvalue weighted by atomic mass is 79.9. The largest absolute Gasteiger partial charge is 0.416 e. The maximum atomic E-state index is 12.3. The number of carbonyl (C=O) groups is 1. The van der Waals surface area contributed by atoms with E-state index in [0.717, 1.165) is 12.1 Å². The lowest BCUT2D eigenvalue weighted by Crippen LogP contribution is -2.15. The topological polar surface area (TPSA) is 43.1 Å². The van der Waals surface area contributed by atoms with Crippen LogP contribution in [0.25, 0.3) is 0 Å². The van der Waals surface area contributed by atoms with Gasteiger partial charge in [-0.05, 0) is 23.8 Å². The van der Waals surface area contributed by atoms with Crippen LogP contribution in [0.1, 0.15) is 11.1 Å². The molecule has 1 aromatic rings. The van der Waals surface area contributed by atoms with E-state index in [2.05, 4.69) is 15.9 Å². The zero-order valence-electron chi connectivity index (χ0n) is 7.44. The predicted molar refractivity (Wildman–Crippen MR) is 52.0 cm³/mol. The zero-order chi connectivity index (χ0) is 11.6. The molecule has 6 heteroatoms. The lowest BCUT2D eigenvalue weighted by molar-refractivity contribution is -0.137. The maximum absolute atomic E-state index is 12.3. The third-order valence-electron chi connectivity index (χ3n) is 1.74. The molecule has 0 bridgehead atoms. The van der Waals surface area contributed by atoms with E-state index in [9.17, 15) is 18.0 Å². The minimum absolute atomic E-state index is 0.218. The Morgan fingerprint density at radius 3 is 2.47 bits per heavy atom. The predicted octanol–water partition coefficient (Wildman–Crippen LogP) is 2.50. The molecule has 2 nitrogen and oxygen atoms in total. The van der Waals surface area contributed by atoms with E-state index in [0.29, 0.717) is 4.47 Å². The van der Waals surface area contributed by atoms with Gasteiger partial charge in [0.1, 0.15) is 0 Å². The Morgan fingerprint density at radius 1 is 1.40 bits per heavy atom. The molecule has 1 amide bonds. The summed E-state index contributed by atoms with van der Waals surface area (Å²) in [5.74, 6) is -0.671. The van der Waals surface area contributed by atoms with Crippen LogP contribution in [0.3, 0.4) is 0 Å². The van der Waals surface area contributed by atoms with Crippen molar-refractivity contribution in [2.75, 3.05) is 0 Å². The summed E-state index contributed by atoms with van der Waals surface area (Å²) in [6.45, 7) is 0. The summed E-state index contributed by atoms with van der Waals surface area (Å²) in [6.07, 6.45) is -4.63. The number of benzene rings is 1. The van der Waals surface area contributed by atoms with Gasteiger partial charge in [-0.15, -0.1) is 0 Å². The SMILES string of the molecule is NC(=O)Cc1cc(C(F)(F)F)ccc1Br. The second-order valence-electron chi connectivity index (χ2n) is 2.95. The van der Waals surface area contributed by atoms with Crippen LogP contribution in [0.15, 0.2) is 22.7 Å². The third-order valence-corrected chi connectivity index (χ3v) is 2.51. The first-order valence-electron chi connectivity index (χ1n) is 3.94. The minimum Gasteiger partial charge on any atom is -0.369 e. The molecule has 1 rings (SSSR count). The van der Waals surface area contributed by atoms with E-state index in [1.807, 2.05) is 0 Å². The first-order valence-corrected chi connectivity index (χ1v) is 4.74. The van der Waals surface area contributed by atoms with Crippen molar-refractivity contribution in [3.63, 3.8) is 0 Å². The number of alkyl halides is 3. The van der Waals surface area contributed by atoms with Crippen molar-refractivity contribution < 1.29 is 18.0 Å². The summed E-state index contributed by atoms with van der Waals surface area (Å²) in [7, 11) is 0. The number of halogens is 4. The highest BCUT2D eigenvalue weighted by Gasteiger charge is 2.30. The van der Waals surface area contributed by atoms with Crippen molar-refractivity contribution in [3.05, 3.63) is 33.8 Å². The van der Waals surface area contributed by atoms with Crippen molar-refractivity contribution in [2.45, 2.75) is 12.6 Å². The Hall–Kier alpha value is -1.04. The van der Waals surface area contributed by atoms with E-state index >= 15 is 0 Å². The van der Waals surface area contributed by atoms with Crippen LogP contribution in [0.4, 0.5) is 13.2 Å². The Balaban J connectivity index is 3.11. The second kappa shape index (κ2) is 4.22. The standard InChI is InChI=1S/C9H7BrF3NO/c10-7-2-1-6(9(11,12)13)3-5(7)4-8(14)15/h1-3H,4H2,(H2,14,15). The molecular weight excluding hydrogens is 275 g/mol. The second-order valence-corrected chi connectivity index (χ2v) is 3.80. The normalized spacial score (nSPS) is 11.5. The molecule has 0 fully saturated rings. The lowest BCUT2D eigenvalue weighted by Gasteiger charge is -2.09. The summed E-state index contributed by atoms with van der Waals surface area (Å²) < 4.78 is 37.4. The van der Waals surface area contributed by atoms with Crippen molar-refractivity contribution in [1.82, 2.24) is 0 Å². The molecule has 0 aliphatic heterocycles. The lowest BCUT2D eigenvalue weighted by atomic mass is 10.1. The summed E-state index contributed by atoms with van der Waals surface area (Å²) in [5.41, 5.74) is 4.36. The molecule has 0 unspecified atom stereocenters. The van der Waals surface area contributed by atoms with E-state index in [4.69, 9.17) is 5.73 Å². The summed E-state index contributed by atoms with van der Waals surface area (Å²) in [5, 5.41) is 0. The first-order chi connectivity index (χ1) is 6.80. The molecule has 0 aliphatic rings. The van der Waals surface area contributed by atoms with Gasteiger partial charge in [0, 0.05) is 4.47 Å². The number of primary amides is 1. The van der Waals surface area contributed by atoms with Crippen LogP contribution in [0.2, 0.25) is 0 Å². The van der Waals surface area contributed by atoms with E-state index in [1.165, 1.54) is 6.07 Å². The van der Waals surface area contributed by atoms with Gasteiger partial charge in [0.05, 0.1) is 12.0 Å². The van der Waals surface area contributed by atoms with Crippen LogP contribution < -0.4 is 5.73 Å². The van der Waals surface area contributed by atoms with Gasteiger partial charge in [-0.25, -0.2) is 0 Å². The van der Waals surface area contributed by atoms with Gasteiger partial charge < -0.3 is 5.73 Å². The van der Waals surface area contributed by atoms with Gasteiger partial charge in [-0.1, -0.05) is 15.9 Å². The van der Waals surface area contributed by atoms with Gasteiger partial charge in [-0.2, -0.15) is 13.2 Å². The Kier molecular flexibility index (Phi) is 3.38. The summed E-state index contributed by atoms with van der Waals surface area (Å²) >= 11 is 3.05. The van der Waals surface area contributed by atoms with Crippen LogP contribution in [-0.2, 0) is 17.4 Å². The van der Waals surface area contributed by atoms with Crippen molar-refractivity contribution >= 4 is 21.8 Å². The highest BCUT2D eigenvalue weighted by Crippen LogP contribution is 2.31. The molecule has 2 N–H and O–H groups in total. The van der Waals surface area contributed by atoms with Crippen LogP contribution in [0, 0.1) is 0 Å². The Morgan fingerprint density at radius 2 is 2.00 bits per heavy atom. The molecule has 0 atom stereocenters. The van der Waals surface area contributed by atoms with Gasteiger partial charge >= 0.3 is 6.18 Å². The summed E-state index contributed by atoms with van der Waals surface area (Å²) in [4.78, 5) is 10.6. The van der Waals surface area contributed by atoms with Crippen molar-refractivity contribution in [2.24, 2.45) is 5.73 Å². The van der Waals surface area contributed by atoms with Crippen molar-refractivity contribution in [3.8, 4) is 0 Å². The number of nitrogens with two attached hydrogens (primary N) is 1. The van der Waals surface area contributed by atoms with E-state index in [-0.39, 0.29) is 12.0 Å². The molecule has 0 radical (unpaired) electrons. The molecule has 0 spiro atoms. The third kappa shape index (κ3) is 3.23. The quantitative estimate of drug-likeness (QED) is 0.889. The summed E-state index contributed by atoms with van der Waals surface area (Å²) in [6, 6.07) is 3.10. The highest BCUT2D eigenvalue weighted by molar-refractivity contribution is 9.10. The molecule has 0 heterocycles. The molecule has 0 saturated heterocycles. The number of carbonyl (C=O) groups excluding carboxylic acids is 1. The molecule has 0 saturated carbocycles. The number of rotatable bonds is 2. The minimum atomic E-state index is -4.41. The Bertz CT molecular complexity index is 389. The number of amides is 1. The van der Waals surface area contributed by atoms with Crippen LogP contribution in [0.5, 0.6) is 0 Å². The zero-order valence-corrected chi connectivity index (χ0v) is 9.02. The van der Waals surface area contributed by atoms with E-state index < -0.39 is 17.6 Å². The molecule has 82 valence electrons. The molecule has 1 aromatic carbocycles. The van der Waals surface area contributed by atoms with Gasteiger partial charge in [0.15, 0.2) is 0 Å². The molecule has 0 aromatic heterocycles. The van der Waals surface area contributed by atoms with Gasteiger partial charge in [0.2, 0.25) is 5.91 Å². The van der Waals surface area contributed by atoms with E-state index in [1.54, 1.807) is 0 Å². The van der Waals surface area contributed by atoms with Crippen LogP contribution in [-0.4, -0.2) is 5.91 Å². The number of hydrogen-bond acceptors (Lipinski definition) is 1. The van der Waals surface area contributed by atoms with Crippen LogP contribution >= 0.6 is 15.9 Å².